The van der Waals surface area contributed by atoms with Gasteiger partial charge in [0.25, 0.3) is 5.91 Å². The summed E-state index contributed by atoms with van der Waals surface area (Å²) in [5.74, 6) is 4.62. The Morgan fingerprint density at radius 2 is 1.61 bits per heavy atom. The maximum Gasteiger partial charge on any atom is 0.416 e. The number of nitrogens with zero attached hydrogens (tertiary/aromatic N) is 1. The highest BCUT2D eigenvalue weighted by atomic mass is 32.2. The van der Waals surface area contributed by atoms with Crippen molar-refractivity contribution in [3.63, 3.8) is 0 Å². The molecule has 0 unspecified atom stereocenters. The summed E-state index contributed by atoms with van der Waals surface area (Å²) < 4.78 is 83.2. The first kappa shape index (κ1) is 20.4. The van der Waals surface area contributed by atoms with Crippen LogP contribution in [0.2, 0.25) is 0 Å². The molecule has 0 atom stereocenters. The number of rotatable bonds is 2. The van der Waals surface area contributed by atoms with Crippen LogP contribution in [0.3, 0.4) is 0 Å². The molecule has 1 saturated heterocycles. The number of halogens is 6. The molecule has 0 spiro atoms. The van der Waals surface area contributed by atoms with Gasteiger partial charge >= 0.3 is 12.4 Å². The van der Waals surface area contributed by atoms with E-state index in [0.717, 1.165) is 16.8 Å². The molecule has 1 aromatic heterocycles. The van der Waals surface area contributed by atoms with Crippen molar-refractivity contribution in [1.29, 1.82) is 0 Å². The summed E-state index contributed by atoms with van der Waals surface area (Å²) in [5, 5.41) is 0.734. The maximum absolute atomic E-state index is 13.0. The maximum atomic E-state index is 13.0. The highest BCUT2D eigenvalue weighted by Crippen LogP contribution is 2.39. The first-order chi connectivity index (χ1) is 12.9. The Labute approximate surface area is 162 Å². The molecule has 1 aliphatic heterocycles. The van der Waals surface area contributed by atoms with E-state index in [9.17, 15) is 31.1 Å². The summed E-state index contributed by atoms with van der Waals surface area (Å²) >= 11 is 5.73. The van der Waals surface area contributed by atoms with Gasteiger partial charge in [-0.3, -0.25) is 4.79 Å². The molecule has 0 radical (unpaired) electrons. The molecule has 0 aliphatic carbocycles. The molecule has 0 bridgehead atoms. The lowest BCUT2D eigenvalue weighted by molar-refractivity contribution is -0.143. The third-order valence-electron chi connectivity index (χ3n) is 3.60. The standard InChI is InChI=1S/C16H8F6N2O2S2/c17-15(18,19)8-3-7(4-9(5-8)16(20,21)22)11-2-1-10(26-11)6-12-13(25)24(23)14(27)28-12/h1-6H,23H2. The van der Waals surface area contributed by atoms with E-state index < -0.39 is 35.0 Å². The molecule has 2 N–H and O–H groups in total. The summed E-state index contributed by atoms with van der Waals surface area (Å²) in [5.41, 5.74) is -3.33. The molecular formula is C16H8F6N2O2S2. The summed E-state index contributed by atoms with van der Waals surface area (Å²) in [6.07, 6.45) is -8.70. The molecule has 2 heterocycles. The Morgan fingerprint density at radius 3 is 2.07 bits per heavy atom. The van der Waals surface area contributed by atoms with Crippen LogP contribution in [0, 0.1) is 0 Å². The monoisotopic (exact) mass is 438 g/mol. The van der Waals surface area contributed by atoms with Gasteiger partial charge in [-0.2, -0.15) is 26.3 Å². The second kappa shape index (κ2) is 6.94. The number of furan rings is 1. The fourth-order valence-corrected chi connectivity index (χ4v) is 3.37. The SMILES string of the molecule is NN1C(=O)C(=Cc2ccc(-c3cc(C(F)(F)F)cc(C(F)(F)F)c3)o2)SC1=S. The molecule has 4 nitrogen and oxygen atoms in total. The van der Waals surface area contributed by atoms with Crippen molar-refractivity contribution in [3.8, 4) is 11.3 Å². The smallest absolute Gasteiger partial charge is 0.416 e. The number of hydrogen-bond donors (Lipinski definition) is 1. The molecule has 28 heavy (non-hydrogen) atoms. The summed E-state index contributed by atoms with van der Waals surface area (Å²) in [6, 6.07) is 3.63. The van der Waals surface area contributed by atoms with Crippen molar-refractivity contribution in [2.75, 3.05) is 0 Å². The average Bonchev–Trinajstić information content (AvgIpc) is 3.14. The lowest BCUT2D eigenvalue weighted by Crippen LogP contribution is -2.34. The van der Waals surface area contributed by atoms with Crippen molar-refractivity contribution >= 4 is 40.3 Å². The van der Waals surface area contributed by atoms with Gasteiger partial charge in [-0.1, -0.05) is 24.0 Å². The second-order valence-corrected chi connectivity index (χ2v) is 7.22. The predicted octanol–water partition coefficient (Wildman–Crippen LogP) is 5.06. The van der Waals surface area contributed by atoms with E-state index in [1.165, 1.54) is 18.2 Å². The number of amides is 1. The number of carbonyl (C=O) groups excluding carboxylic acids is 1. The van der Waals surface area contributed by atoms with E-state index in [1.54, 1.807) is 0 Å². The molecule has 1 amide bonds. The molecule has 1 aliphatic rings. The second-order valence-electron chi connectivity index (χ2n) is 5.55. The third-order valence-corrected chi connectivity index (χ3v) is 4.93. The number of alkyl halides is 6. The summed E-state index contributed by atoms with van der Waals surface area (Å²) in [7, 11) is 0. The van der Waals surface area contributed by atoms with Crippen molar-refractivity contribution in [3.05, 3.63) is 52.1 Å². The van der Waals surface area contributed by atoms with E-state index in [0.29, 0.717) is 12.1 Å². The molecule has 0 saturated carbocycles. The highest BCUT2D eigenvalue weighted by molar-refractivity contribution is 8.26. The number of thioether (sulfide) groups is 1. The molecule has 148 valence electrons. The first-order valence-electron chi connectivity index (χ1n) is 7.28. The van der Waals surface area contributed by atoms with Gasteiger partial charge < -0.3 is 4.42 Å². The van der Waals surface area contributed by atoms with Gasteiger partial charge in [0.05, 0.1) is 16.0 Å². The minimum atomic E-state index is -4.97. The van der Waals surface area contributed by atoms with Crippen LogP contribution in [0.4, 0.5) is 26.3 Å². The van der Waals surface area contributed by atoms with Crippen LogP contribution in [-0.4, -0.2) is 15.2 Å². The number of carbonyl (C=O) groups is 1. The summed E-state index contributed by atoms with van der Waals surface area (Å²) in [4.78, 5) is 11.9. The van der Waals surface area contributed by atoms with E-state index in [1.807, 2.05) is 0 Å². The van der Waals surface area contributed by atoms with Gasteiger partial charge in [0.1, 0.15) is 11.5 Å². The summed E-state index contributed by atoms with van der Waals surface area (Å²) in [6.45, 7) is 0. The molecule has 1 fully saturated rings. The van der Waals surface area contributed by atoms with Gasteiger partial charge in [-0.05, 0) is 30.3 Å². The largest absolute Gasteiger partial charge is 0.457 e. The van der Waals surface area contributed by atoms with Gasteiger partial charge in [-0.15, -0.1) is 0 Å². The molecule has 2 aromatic rings. The predicted molar refractivity (Wildman–Crippen MR) is 93.3 cm³/mol. The van der Waals surface area contributed by atoms with Crippen LogP contribution in [0.1, 0.15) is 16.9 Å². The molecule has 3 rings (SSSR count). The Bertz CT molecular complexity index is 962. The normalized spacial score (nSPS) is 17.1. The third kappa shape index (κ3) is 4.08. The van der Waals surface area contributed by atoms with Crippen LogP contribution >= 0.6 is 24.0 Å². The zero-order valence-corrected chi connectivity index (χ0v) is 15.0. The van der Waals surface area contributed by atoms with E-state index >= 15 is 0 Å². The van der Waals surface area contributed by atoms with Gasteiger partial charge in [0, 0.05) is 11.6 Å². The number of thiocarbonyl (C=S) groups is 1. The highest BCUT2D eigenvalue weighted by Gasteiger charge is 2.37. The fraction of sp³-hybridized carbons (Fsp3) is 0.125. The van der Waals surface area contributed by atoms with Gasteiger partial charge in [0.2, 0.25) is 0 Å². The van der Waals surface area contributed by atoms with Crippen molar-refractivity contribution < 1.29 is 35.6 Å². The zero-order valence-electron chi connectivity index (χ0n) is 13.4. The van der Waals surface area contributed by atoms with Gasteiger partial charge in [-0.25, -0.2) is 10.9 Å². The number of hydrogen-bond acceptors (Lipinski definition) is 5. The first-order valence-corrected chi connectivity index (χ1v) is 8.51. The Kier molecular flexibility index (Phi) is 5.06. The zero-order chi connectivity index (χ0) is 20.9. The van der Waals surface area contributed by atoms with Crippen LogP contribution < -0.4 is 5.84 Å². The average molecular weight is 438 g/mol. The Morgan fingerprint density at radius 1 is 1.04 bits per heavy atom. The van der Waals surface area contributed by atoms with Crippen LogP contribution in [0.15, 0.2) is 39.7 Å². The quantitative estimate of drug-likeness (QED) is 0.234. The van der Waals surface area contributed by atoms with Gasteiger partial charge in [0.15, 0.2) is 4.32 Å². The van der Waals surface area contributed by atoms with Crippen LogP contribution in [0.25, 0.3) is 17.4 Å². The minimum absolute atomic E-state index is 0.0277. The van der Waals surface area contributed by atoms with Crippen molar-refractivity contribution in [2.24, 2.45) is 5.84 Å². The van der Waals surface area contributed by atoms with Crippen LogP contribution in [0.5, 0.6) is 0 Å². The number of hydrazine groups is 1. The van der Waals surface area contributed by atoms with E-state index in [2.05, 4.69) is 0 Å². The lowest BCUT2D eigenvalue weighted by atomic mass is 10.0. The van der Waals surface area contributed by atoms with E-state index in [-0.39, 0.29) is 26.8 Å². The Hall–Kier alpha value is -2.31. The number of nitrogens with two attached hydrogens (primary N) is 1. The number of benzene rings is 1. The fourth-order valence-electron chi connectivity index (χ4n) is 2.29. The lowest BCUT2D eigenvalue weighted by Gasteiger charge is -2.13. The minimum Gasteiger partial charge on any atom is -0.457 e. The van der Waals surface area contributed by atoms with Crippen LogP contribution in [-0.2, 0) is 17.1 Å². The van der Waals surface area contributed by atoms with Crippen molar-refractivity contribution in [2.45, 2.75) is 12.4 Å². The van der Waals surface area contributed by atoms with E-state index in [4.69, 9.17) is 22.5 Å². The molecule has 1 aromatic carbocycles. The van der Waals surface area contributed by atoms with Crippen molar-refractivity contribution in [1.82, 2.24) is 5.01 Å². The molecule has 12 heteroatoms. The molecular weight excluding hydrogens is 430 g/mol. The topological polar surface area (TPSA) is 59.5 Å². The Balaban J connectivity index is 2.01.